The average molecular weight is 429 g/mol. The van der Waals surface area contributed by atoms with Gasteiger partial charge >= 0.3 is 11.7 Å². The van der Waals surface area contributed by atoms with Crippen LogP contribution in [0, 0.1) is 12.7 Å². The fraction of sp³-hybridized carbons (Fsp3) is 0.190. The molecule has 0 unspecified atom stereocenters. The second-order valence-corrected chi connectivity index (χ2v) is 7.43. The molecule has 2 heterocycles. The fourth-order valence-electron chi connectivity index (χ4n) is 3.25. The number of imidazole rings is 1. The van der Waals surface area contributed by atoms with Crippen molar-refractivity contribution in [2.45, 2.75) is 13.5 Å². The summed E-state index contributed by atoms with van der Waals surface area (Å²) in [4.78, 5) is 29.7. The standard InChI is InChI=1S/C21H18ClFN4O3/c1-12-10-14(22)6-9-16(12)30-20-24-18-17(19(28)26(3)21(29)25(18)2)27(20)11-13-4-7-15(23)8-5-13/h4-10H,11H2,1-3H3. The lowest BCUT2D eigenvalue weighted by Gasteiger charge is -2.12. The third-order valence-corrected chi connectivity index (χ3v) is 5.14. The molecule has 9 heteroatoms. The van der Waals surface area contributed by atoms with E-state index in [0.717, 1.165) is 15.7 Å². The van der Waals surface area contributed by atoms with Crippen molar-refractivity contribution in [3.63, 3.8) is 0 Å². The van der Waals surface area contributed by atoms with Crippen LogP contribution in [0.5, 0.6) is 11.8 Å². The molecule has 0 spiro atoms. The maximum absolute atomic E-state index is 13.3. The zero-order chi connectivity index (χ0) is 21.6. The van der Waals surface area contributed by atoms with Crippen LogP contribution in [0.3, 0.4) is 0 Å². The van der Waals surface area contributed by atoms with E-state index in [0.29, 0.717) is 10.8 Å². The highest BCUT2D eigenvalue weighted by Crippen LogP contribution is 2.29. The van der Waals surface area contributed by atoms with Crippen LogP contribution in [0.2, 0.25) is 5.02 Å². The largest absolute Gasteiger partial charge is 0.425 e. The Morgan fingerprint density at radius 1 is 1.07 bits per heavy atom. The minimum Gasteiger partial charge on any atom is -0.425 e. The van der Waals surface area contributed by atoms with Gasteiger partial charge in [-0.25, -0.2) is 9.18 Å². The van der Waals surface area contributed by atoms with E-state index < -0.39 is 11.2 Å². The summed E-state index contributed by atoms with van der Waals surface area (Å²) in [5.41, 5.74) is 0.949. The fourth-order valence-corrected chi connectivity index (χ4v) is 3.48. The van der Waals surface area contributed by atoms with Crippen molar-refractivity contribution < 1.29 is 9.13 Å². The molecule has 0 radical (unpaired) electrons. The molecule has 0 fully saturated rings. The topological polar surface area (TPSA) is 71.1 Å². The third kappa shape index (κ3) is 3.39. The Morgan fingerprint density at radius 2 is 1.77 bits per heavy atom. The van der Waals surface area contributed by atoms with Crippen LogP contribution in [0.4, 0.5) is 4.39 Å². The maximum atomic E-state index is 13.3. The first-order valence-corrected chi connectivity index (χ1v) is 9.48. The Labute approximate surface area is 175 Å². The number of rotatable bonds is 4. The zero-order valence-corrected chi connectivity index (χ0v) is 17.3. The predicted octanol–water partition coefficient (Wildman–Crippen LogP) is 3.38. The highest BCUT2D eigenvalue weighted by atomic mass is 35.5. The summed E-state index contributed by atoms with van der Waals surface area (Å²) in [5, 5.41) is 0.566. The van der Waals surface area contributed by atoms with E-state index in [2.05, 4.69) is 4.98 Å². The Morgan fingerprint density at radius 3 is 2.43 bits per heavy atom. The highest BCUT2D eigenvalue weighted by Gasteiger charge is 2.21. The van der Waals surface area contributed by atoms with E-state index in [1.807, 2.05) is 6.92 Å². The summed E-state index contributed by atoms with van der Waals surface area (Å²) >= 11 is 6.02. The normalized spacial score (nSPS) is 11.2. The number of fused-ring (bicyclic) bond motifs is 1. The zero-order valence-electron chi connectivity index (χ0n) is 16.5. The van der Waals surface area contributed by atoms with Gasteiger partial charge in [0.2, 0.25) is 0 Å². The highest BCUT2D eigenvalue weighted by molar-refractivity contribution is 6.30. The molecule has 4 rings (SSSR count). The molecule has 0 saturated heterocycles. The van der Waals surface area contributed by atoms with Gasteiger partial charge in [0.1, 0.15) is 11.6 Å². The van der Waals surface area contributed by atoms with Gasteiger partial charge < -0.3 is 4.74 Å². The molecule has 0 atom stereocenters. The van der Waals surface area contributed by atoms with Gasteiger partial charge in [0.25, 0.3) is 5.56 Å². The van der Waals surface area contributed by atoms with Crippen molar-refractivity contribution in [2.24, 2.45) is 14.1 Å². The average Bonchev–Trinajstić information content (AvgIpc) is 3.06. The lowest BCUT2D eigenvalue weighted by atomic mass is 10.2. The van der Waals surface area contributed by atoms with Gasteiger partial charge in [0.05, 0.1) is 6.54 Å². The van der Waals surface area contributed by atoms with Crippen LogP contribution >= 0.6 is 11.6 Å². The predicted molar refractivity (Wildman–Crippen MR) is 112 cm³/mol. The van der Waals surface area contributed by atoms with Gasteiger partial charge in [0, 0.05) is 19.1 Å². The van der Waals surface area contributed by atoms with E-state index in [1.165, 1.54) is 30.8 Å². The number of ether oxygens (including phenoxy) is 1. The van der Waals surface area contributed by atoms with Crippen molar-refractivity contribution >= 4 is 22.8 Å². The molecule has 0 saturated carbocycles. The summed E-state index contributed by atoms with van der Waals surface area (Å²) in [6.45, 7) is 2.04. The Balaban J connectivity index is 1.94. The minimum absolute atomic E-state index is 0.137. The first-order chi connectivity index (χ1) is 14.3. The first-order valence-electron chi connectivity index (χ1n) is 9.11. The summed E-state index contributed by atoms with van der Waals surface area (Å²) in [5.74, 6) is 0.151. The van der Waals surface area contributed by atoms with Crippen LogP contribution in [-0.2, 0) is 20.6 Å². The molecule has 4 aromatic rings. The summed E-state index contributed by atoms with van der Waals surface area (Å²) in [6, 6.07) is 11.2. The second-order valence-electron chi connectivity index (χ2n) is 7.00. The maximum Gasteiger partial charge on any atom is 0.332 e. The molecule has 0 N–H and O–H groups in total. The van der Waals surface area contributed by atoms with E-state index >= 15 is 0 Å². The second kappa shape index (κ2) is 7.46. The molecular weight excluding hydrogens is 411 g/mol. The van der Waals surface area contributed by atoms with E-state index in [4.69, 9.17) is 16.3 Å². The van der Waals surface area contributed by atoms with Crippen molar-refractivity contribution in [1.29, 1.82) is 0 Å². The molecule has 0 aliphatic carbocycles. The SMILES string of the molecule is Cc1cc(Cl)ccc1Oc1nc2c(c(=O)n(C)c(=O)n2C)n1Cc1ccc(F)cc1. The van der Waals surface area contributed by atoms with Crippen LogP contribution in [0.1, 0.15) is 11.1 Å². The van der Waals surface area contributed by atoms with Crippen molar-refractivity contribution in [3.8, 4) is 11.8 Å². The molecular formula is C21H18ClFN4O3. The summed E-state index contributed by atoms with van der Waals surface area (Å²) < 4.78 is 23.2. The monoisotopic (exact) mass is 428 g/mol. The van der Waals surface area contributed by atoms with Crippen LogP contribution < -0.4 is 16.0 Å². The number of halogens is 2. The Kier molecular flexibility index (Phi) is 4.95. The Bertz CT molecular complexity index is 1390. The number of aryl methyl sites for hydroxylation is 2. The molecule has 0 amide bonds. The molecule has 154 valence electrons. The molecule has 30 heavy (non-hydrogen) atoms. The third-order valence-electron chi connectivity index (χ3n) is 4.91. The van der Waals surface area contributed by atoms with Gasteiger partial charge in [-0.05, 0) is 48.4 Å². The van der Waals surface area contributed by atoms with Crippen molar-refractivity contribution in [2.75, 3.05) is 0 Å². The van der Waals surface area contributed by atoms with Gasteiger partial charge in [0.15, 0.2) is 11.2 Å². The summed E-state index contributed by atoms with van der Waals surface area (Å²) in [7, 11) is 2.94. The number of hydrogen-bond acceptors (Lipinski definition) is 4. The van der Waals surface area contributed by atoms with Crippen LogP contribution in [-0.4, -0.2) is 18.7 Å². The summed E-state index contributed by atoms with van der Waals surface area (Å²) in [6.07, 6.45) is 0. The van der Waals surface area contributed by atoms with Crippen LogP contribution in [0.25, 0.3) is 11.2 Å². The molecule has 0 bridgehead atoms. The molecule has 0 aliphatic rings. The van der Waals surface area contributed by atoms with Crippen molar-refractivity contribution in [3.05, 3.63) is 85.3 Å². The number of aromatic nitrogens is 4. The number of nitrogens with zero attached hydrogens (tertiary/aromatic N) is 4. The lowest BCUT2D eigenvalue weighted by Crippen LogP contribution is -2.37. The smallest absolute Gasteiger partial charge is 0.332 e. The van der Waals surface area contributed by atoms with Gasteiger partial charge in [-0.1, -0.05) is 23.7 Å². The Hall–Kier alpha value is -3.39. The molecule has 0 aliphatic heterocycles. The number of benzene rings is 2. The molecule has 7 nitrogen and oxygen atoms in total. The quantitative estimate of drug-likeness (QED) is 0.499. The van der Waals surface area contributed by atoms with E-state index in [1.54, 1.807) is 34.9 Å². The van der Waals surface area contributed by atoms with Gasteiger partial charge in [-0.15, -0.1) is 0 Å². The van der Waals surface area contributed by atoms with Gasteiger partial charge in [-0.3, -0.25) is 18.5 Å². The van der Waals surface area contributed by atoms with Gasteiger partial charge in [-0.2, -0.15) is 4.98 Å². The van der Waals surface area contributed by atoms with E-state index in [-0.39, 0.29) is 29.5 Å². The molecule has 2 aromatic heterocycles. The number of hydrogen-bond donors (Lipinski definition) is 0. The minimum atomic E-state index is -0.495. The lowest BCUT2D eigenvalue weighted by molar-refractivity contribution is 0.418. The van der Waals surface area contributed by atoms with E-state index in [9.17, 15) is 14.0 Å². The molecule has 2 aromatic carbocycles. The first kappa shape index (κ1) is 19.9. The van der Waals surface area contributed by atoms with Crippen LogP contribution in [0.15, 0.2) is 52.1 Å². The van der Waals surface area contributed by atoms with Crippen molar-refractivity contribution in [1.82, 2.24) is 18.7 Å².